The van der Waals surface area contributed by atoms with Gasteiger partial charge in [-0.15, -0.1) is 0 Å². The predicted molar refractivity (Wildman–Crippen MR) is 97.4 cm³/mol. The lowest BCUT2D eigenvalue weighted by atomic mass is 9.88. The maximum Gasteiger partial charge on any atom is 0.431 e. The topological polar surface area (TPSA) is 96.9 Å². The van der Waals surface area contributed by atoms with Gasteiger partial charge in [0.1, 0.15) is 12.7 Å². The van der Waals surface area contributed by atoms with Gasteiger partial charge in [0.2, 0.25) is 3.79 Å². The lowest BCUT2D eigenvalue weighted by molar-refractivity contribution is -0.0487. The van der Waals surface area contributed by atoms with Crippen LogP contribution in [0.3, 0.4) is 0 Å². The maximum absolute atomic E-state index is 11.6. The molecule has 0 unspecified atom stereocenters. The number of benzene rings is 1. The van der Waals surface area contributed by atoms with Crippen molar-refractivity contribution in [2.24, 2.45) is 0 Å². The number of carbonyl (C=O) groups excluding carboxylic acids is 1. The summed E-state index contributed by atoms with van der Waals surface area (Å²) in [7, 11) is 0. The molecule has 0 bridgehead atoms. The molecular weight excluding hydrogens is 407 g/mol. The number of halogens is 3. The van der Waals surface area contributed by atoms with Crippen molar-refractivity contribution in [3.63, 3.8) is 0 Å². The minimum Gasteiger partial charge on any atom is -0.465 e. The summed E-state index contributed by atoms with van der Waals surface area (Å²) in [5, 5.41) is 11.7. The Balaban J connectivity index is 2.03. The van der Waals surface area contributed by atoms with Crippen molar-refractivity contribution in [2.45, 2.75) is 28.3 Å². The second-order valence-corrected chi connectivity index (χ2v) is 8.19. The summed E-state index contributed by atoms with van der Waals surface area (Å²) < 4.78 is 2.96. The van der Waals surface area contributed by atoms with Gasteiger partial charge in [-0.05, 0) is 12.0 Å². The smallest absolute Gasteiger partial charge is 0.431 e. The summed E-state index contributed by atoms with van der Waals surface area (Å²) in [5.41, 5.74) is 1.96. The third-order valence-corrected chi connectivity index (χ3v) is 4.00. The third kappa shape index (κ3) is 6.25. The highest BCUT2D eigenvalue weighted by Gasteiger charge is 2.43. The molecule has 0 radical (unpaired) electrons. The van der Waals surface area contributed by atoms with E-state index < -0.39 is 34.2 Å². The second-order valence-electron chi connectivity index (χ2n) is 5.67. The molecule has 1 aliphatic carbocycles. The van der Waals surface area contributed by atoms with Gasteiger partial charge >= 0.3 is 12.2 Å². The number of hydrogen-bond donors (Lipinski definition) is 3. The van der Waals surface area contributed by atoms with Gasteiger partial charge in [-0.1, -0.05) is 77.3 Å². The molecule has 2 amide bonds. The highest BCUT2D eigenvalue weighted by atomic mass is 35.6. The molecule has 142 valence electrons. The largest absolute Gasteiger partial charge is 0.465 e. The van der Waals surface area contributed by atoms with Gasteiger partial charge in [0, 0.05) is 6.42 Å². The zero-order valence-corrected chi connectivity index (χ0v) is 15.7. The van der Waals surface area contributed by atoms with E-state index in [-0.39, 0.29) is 0 Å². The number of carboxylic acid groups (broad SMARTS) is 1. The minimum atomic E-state index is -1.74. The van der Waals surface area contributed by atoms with Crippen LogP contribution in [0.4, 0.5) is 9.59 Å². The van der Waals surface area contributed by atoms with Gasteiger partial charge in [0.25, 0.3) is 0 Å². The number of rotatable bonds is 6. The molecule has 3 N–H and O–H groups in total. The predicted octanol–water partition coefficient (Wildman–Crippen LogP) is 3.59. The summed E-state index contributed by atoms with van der Waals surface area (Å²) in [6, 6.07) is 9.31. The number of carbonyl (C=O) groups is 2. The normalized spacial score (nSPS) is 22.0. The fourth-order valence-electron chi connectivity index (χ4n) is 2.64. The van der Waals surface area contributed by atoms with Crippen molar-refractivity contribution >= 4 is 47.0 Å². The molecule has 0 aromatic heterocycles. The first-order chi connectivity index (χ1) is 12.2. The summed E-state index contributed by atoms with van der Waals surface area (Å²) >= 11 is 16.5. The van der Waals surface area contributed by atoms with Crippen LogP contribution in [0, 0.1) is 0 Å². The maximum atomic E-state index is 11.6. The number of alkyl halides is 3. The van der Waals surface area contributed by atoms with Crippen molar-refractivity contribution < 1.29 is 24.3 Å². The van der Waals surface area contributed by atoms with Crippen molar-refractivity contribution in [1.29, 1.82) is 0 Å². The molecule has 0 fully saturated rings. The van der Waals surface area contributed by atoms with Gasteiger partial charge in [-0.25, -0.2) is 9.59 Å². The van der Waals surface area contributed by atoms with E-state index in [9.17, 15) is 14.7 Å². The van der Waals surface area contributed by atoms with Crippen LogP contribution < -0.4 is 10.8 Å². The zero-order valence-electron chi connectivity index (χ0n) is 13.5. The van der Waals surface area contributed by atoms with E-state index in [2.05, 4.69) is 10.8 Å². The van der Waals surface area contributed by atoms with Gasteiger partial charge in [0.15, 0.2) is 0 Å². The average Bonchev–Trinajstić information content (AvgIpc) is 2.92. The number of amides is 2. The molecule has 0 heterocycles. The Morgan fingerprint density at radius 3 is 2.58 bits per heavy atom. The van der Waals surface area contributed by atoms with Crippen LogP contribution in [-0.2, 0) is 16.0 Å². The van der Waals surface area contributed by atoms with E-state index in [0.717, 1.165) is 5.56 Å². The molecule has 2 rings (SSSR count). The standard InChI is InChI=1S/C16H17Cl3N2O5/c17-16(18,19)10-25-14(24)21-26-12-7-4-8-15(12,20-13(22)23)9-11-5-2-1-3-6-11/h1-6,8,12,20H,7,9-10H2,(H,21,24)(H,22,23)/t12-,15-/m0/s1. The highest BCUT2D eigenvalue weighted by Crippen LogP contribution is 2.30. The fraction of sp³-hybridized carbons (Fsp3) is 0.375. The molecule has 2 atom stereocenters. The molecule has 0 saturated carbocycles. The molecule has 1 aromatic carbocycles. The third-order valence-electron chi connectivity index (χ3n) is 3.67. The number of ether oxygens (including phenoxy) is 1. The van der Waals surface area contributed by atoms with Crippen LogP contribution in [-0.4, -0.2) is 39.3 Å². The summed E-state index contributed by atoms with van der Waals surface area (Å²) in [5.74, 6) is 0. The van der Waals surface area contributed by atoms with Crippen LogP contribution in [0.15, 0.2) is 42.5 Å². The molecule has 0 spiro atoms. The Morgan fingerprint density at radius 2 is 1.96 bits per heavy atom. The van der Waals surface area contributed by atoms with E-state index in [4.69, 9.17) is 44.4 Å². The molecular formula is C16H17Cl3N2O5. The van der Waals surface area contributed by atoms with Crippen molar-refractivity contribution in [1.82, 2.24) is 10.8 Å². The van der Waals surface area contributed by atoms with Crippen LogP contribution >= 0.6 is 34.8 Å². The van der Waals surface area contributed by atoms with Gasteiger partial charge in [-0.2, -0.15) is 5.48 Å². The Morgan fingerprint density at radius 1 is 1.27 bits per heavy atom. The quantitative estimate of drug-likeness (QED) is 0.369. The molecule has 1 aliphatic rings. The zero-order chi connectivity index (χ0) is 19.2. The van der Waals surface area contributed by atoms with Crippen molar-refractivity contribution in [3.8, 4) is 0 Å². The van der Waals surface area contributed by atoms with E-state index in [1.54, 1.807) is 12.2 Å². The Kier molecular flexibility index (Phi) is 7.00. The van der Waals surface area contributed by atoms with Crippen LogP contribution in [0.5, 0.6) is 0 Å². The van der Waals surface area contributed by atoms with Crippen LogP contribution in [0.2, 0.25) is 0 Å². The van der Waals surface area contributed by atoms with Crippen molar-refractivity contribution in [3.05, 3.63) is 48.0 Å². The van der Waals surface area contributed by atoms with E-state index in [1.807, 2.05) is 30.3 Å². The minimum absolute atomic E-state index is 0.339. The molecule has 7 nitrogen and oxygen atoms in total. The van der Waals surface area contributed by atoms with Gasteiger partial charge in [0.05, 0.1) is 5.54 Å². The number of hydrogen-bond acceptors (Lipinski definition) is 4. The van der Waals surface area contributed by atoms with Crippen LogP contribution in [0.25, 0.3) is 0 Å². The highest BCUT2D eigenvalue weighted by molar-refractivity contribution is 6.67. The summed E-state index contributed by atoms with van der Waals surface area (Å²) in [6.45, 7) is -0.460. The first kappa shape index (κ1) is 20.6. The van der Waals surface area contributed by atoms with E-state index in [1.165, 1.54) is 0 Å². The summed E-state index contributed by atoms with van der Waals surface area (Å²) in [6.07, 6.45) is 1.38. The summed E-state index contributed by atoms with van der Waals surface area (Å²) in [4.78, 5) is 28.3. The monoisotopic (exact) mass is 422 g/mol. The molecule has 0 saturated heterocycles. The Bertz CT molecular complexity index is 666. The molecule has 26 heavy (non-hydrogen) atoms. The number of hydroxylamine groups is 1. The van der Waals surface area contributed by atoms with E-state index in [0.29, 0.717) is 12.8 Å². The molecule has 0 aliphatic heterocycles. The first-order valence-corrected chi connectivity index (χ1v) is 8.71. The molecule has 10 heteroatoms. The average molecular weight is 424 g/mol. The Labute approximate surface area is 165 Å². The van der Waals surface area contributed by atoms with Gasteiger partial charge < -0.3 is 15.2 Å². The van der Waals surface area contributed by atoms with Gasteiger partial charge in [-0.3, -0.25) is 4.84 Å². The SMILES string of the molecule is O=C(O)N[C@]1(Cc2ccccc2)C=CC[C@@H]1ONC(=O)OCC(Cl)(Cl)Cl. The lowest BCUT2D eigenvalue weighted by Crippen LogP contribution is -2.57. The van der Waals surface area contributed by atoms with Crippen LogP contribution in [0.1, 0.15) is 12.0 Å². The fourth-order valence-corrected chi connectivity index (χ4v) is 2.80. The lowest BCUT2D eigenvalue weighted by Gasteiger charge is -2.34. The number of nitrogens with one attached hydrogen (secondary N) is 2. The second kappa shape index (κ2) is 8.81. The molecule has 1 aromatic rings. The Hall–Kier alpha value is -1.67. The van der Waals surface area contributed by atoms with E-state index >= 15 is 0 Å². The first-order valence-electron chi connectivity index (χ1n) is 7.58. The van der Waals surface area contributed by atoms with Crippen molar-refractivity contribution in [2.75, 3.05) is 6.61 Å².